The molecule has 1 aromatic carbocycles. The standard InChI is InChI=1S/C20H21FN2O3S/c1-4-15-22-19-18(20(25)23(15)11-5-6-16(24)26-3)17(12(2)27-19)13-7-9-14(21)10-8-13/h7-10H,4-6,11H2,1-3H3. The molecule has 3 rings (SSSR count). The van der Waals surface area contributed by atoms with E-state index < -0.39 is 0 Å². The van der Waals surface area contributed by atoms with Crippen LogP contribution in [-0.2, 0) is 22.5 Å². The van der Waals surface area contributed by atoms with Crippen LogP contribution in [0, 0.1) is 12.7 Å². The van der Waals surface area contributed by atoms with Crippen LogP contribution in [0.25, 0.3) is 21.3 Å². The van der Waals surface area contributed by atoms with Crippen LogP contribution < -0.4 is 5.56 Å². The fraction of sp³-hybridized carbons (Fsp3) is 0.350. The Hall–Kier alpha value is -2.54. The predicted octanol–water partition coefficient (Wildman–Crippen LogP) is 4.09. The average molecular weight is 388 g/mol. The lowest BCUT2D eigenvalue weighted by Gasteiger charge is -2.11. The molecule has 0 atom stereocenters. The van der Waals surface area contributed by atoms with Crippen LogP contribution in [-0.4, -0.2) is 22.6 Å². The number of thiophene rings is 1. The van der Waals surface area contributed by atoms with Gasteiger partial charge in [0.25, 0.3) is 5.56 Å². The number of esters is 1. The molecule has 7 heteroatoms. The average Bonchev–Trinajstić information content (AvgIpc) is 2.99. The van der Waals surface area contributed by atoms with Crippen molar-refractivity contribution in [1.29, 1.82) is 0 Å². The maximum Gasteiger partial charge on any atom is 0.305 e. The number of carbonyl (C=O) groups excluding carboxylic acids is 1. The normalized spacial score (nSPS) is 11.1. The van der Waals surface area contributed by atoms with E-state index in [2.05, 4.69) is 9.72 Å². The SMILES string of the molecule is CCc1nc2sc(C)c(-c3ccc(F)cc3)c2c(=O)n1CCCC(=O)OC. The van der Waals surface area contributed by atoms with Crippen molar-refractivity contribution in [3.63, 3.8) is 0 Å². The summed E-state index contributed by atoms with van der Waals surface area (Å²) in [5, 5.41) is 0.555. The number of hydrogen-bond donors (Lipinski definition) is 0. The zero-order valence-electron chi connectivity index (χ0n) is 15.5. The Bertz CT molecular complexity index is 1040. The third-order valence-corrected chi connectivity index (χ3v) is 5.51. The highest BCUT2D eigenvalue weighted by atomic mass is 32.1. The van der Waals surface area contributed by atoms with E-state index in [0.717, 1.165) is 16.0 Å². The molecule has 0 aliphatic heterocycles. The van der Waals surface area contributed by atoms with E-state index in [4.69, 9.17) is 0 Å². The molecule has 3 aromatic rings. The van der Waals surface area contributed by atoms with Gasteiger partial charge in [0.05, 0.1) is 12.5 Å². The molecule has 27 heavy (non-hydrogen) atoms. The van der Waals surface area contributed by atoms with E-state index in [0.29, 0.717) is 35.4 Å². The molecule has 0 bridgehead atoms. The number of nitrogens with zero attached hydrogens (tertiary/aromatic N) is 2. The van der Waals surface area contributed by atoms with Crippen molar-refractivity contribution < 1.29 is 13.9 Å². The van der Waals surface area contributed by atoms with Gasteiger partial charge in [0.15, 0.2) is 0 Å². The molecule has 142 valence electrons. The van der Waals surface area contributed by atoms with Gasteiger partial charge in [0.2, 0.25) is 0 Å². The first-order valence-electron chi connectivity index (χ1n) is 8.81. The van der Waals surface area contributed by atoms with Crippen LogP contribution >= 0.6 is 11.3 Å². The van der Waals surface area contributed by atoms with Gasteiger partial charge in [0.1, 0.15) is 16.5 Å². The van der Waals surface area contributed by atoms with Gasteiger partial charge in [-0.15, -0.1) is 11.3 Å². The number of rotatable bonds is 6. The van der Waals surface area contributed by atoms with E-state index in [1.807, 2.05) is 13.8 Å². The van der Waals surface area contributed by atoms with Crippen molar-refractivity contribution >= 4 is 27.5 Å². The summed E-state index contributed by atoms with van der Waals surface area (Å²) in [6.07, 6.45) is 1.37. The largest absolute Gasteiger partial charge is 0.469 e. The van der Waals surface area contributed by atoms with E-state index >= 15 is 0 Å². The number of hydrogen-bond acceptors (Lipinski definition) is 5. The number of methoxy groups -OCH3 is 1. The van der Waals surface area contributed by atoms with Crippen molar-refractivity contribution in [2.24, 2.45) is 0 Å². The molecule has 0 amide bonds. The van der Waals surface area contributed by atoms with E-state index in [-0.39, 0.29) is 23.8 Å². The van der Waals surface area contributed by atoms with Gasteiger partial charge in [0, 0.05) is 29.8 Å². The second kappa shape index (κ2) is 8.00. The van der Waals surface area contributed by atoms with Gasteiger partial charge in [-0.25, -0.2) is 9.37 Å². The Morgan fingerprint density at radius 3 is 2.63 bits per heavy atom. The molecule has 2 aromatic heterocycles. The Labute approximate surface area is 160 Å². The minimum Gasteiger partial charge on any atom is -0.469 e. The minimum atomic E-state index is -0.317. The Morgan fingerprint density at radius 2 is 2.00 bits per heavy atom. The maximum atomic E-state index is 13.3. The van der Waals surface area contributed by atoms with Gasteiger partial charge in [-0.05, 0) is 31.0 Å². The highest BCUT2D eigenvalue weighted by Gasteiger charge is 2.19. The molecule has 0 spiro atoms. The van der Waals surface area contributed by atoms with Crippen LogP contribution in [0.4, 0.5) is 4.39 Å². The number of aryl methyl sites for hydroxylation is 2. The summed E-state index contributed by atoms with van der Waals surface area (Å²) >= 11 is 1.47. The molecule has 0 aliphatic carbocycles. The summed E-state index contributed by atoms with van der Waals surface area (Å²) in [6.45, 7) is 4.29. The number of benzene rings is 1. The summed E-state index contributed by atoms with van der Waals surface area (Å²) in [5.41, 5.74) is 1.48. The second-order valence-corrected chi connectivity index (χ2v) is 7.44. The molecule has 5 nitrogen and oxygen atoms in total. The maximum absolute atomic E-state index is 13.3. The first-order valence-corrected chi connectivity index (χ1v) is 9.63. The second-order valence-electron chi connectivity index (χ2n) is 6.24. The minimum absolute atomic E-state index is 0.120. The lowest BCUT2D eigenvalue weighted by Crippen LogP contribution is -2.25. The fourth-order valence-corrected chi connectivity index (χ4v) is 4.24. The first-order chi connectivity index (χ1) is 13.0. The predicted molar refractivity (Wildman–Crippen MR) is 105 cm³/mol. The lowest BCUT2D eigenvalue weighted by molar-refractivity contribution is -0.140. The first kappa shape index (κ1) is 19.2. The van der Waals surface area contributed by atoms with Gasteiger partial charge in [-0.2, -0.15) is 0 Å². The van der Waals surface area contributed by atoms with Crippen LogP contribution in [0.15, 0.2) is 29.1 Å². The molecular formula is C20H21FN2O3S. The third-order valence-electron chi connectivity index (χ3n) is 4.51. The molecule has 2 heterocycles. The molecule has 0 aliphatic rings. The van der Waals surface area contributed by atoms with Crippen LogP contribution in [0.2, 0.25) is 0 Å². The number of carbonyl (C=O) groups is 1. The molecule has 0 unspecified atom stereocenters. The van der Waals surface area contributed by atoms with Crippen molar-refractivity contribution in [2.75, 3.05) is 7.11 Å². The monoisotopic (exact) mass is 388 g/mol. The number of aromatic nitrogens is 2. The summed E-state index contributed by atoms with van der Waals surface area (Å²) in [7, 11) is 1.35. The van der Waals surface area contributed by atoms with Crippen LogP contribution in [0.3, 0.4) is 0 Å². The zero-order chi connectivity index (χ0) is 19.6. The van der Waals surface area contributed by atoms with Crippen LogP contribution in [0.1, 0.15) is 30.5 Å². The summed E-state index contributed by atoms with van der Waals surface area (Å²) in [5.74, 6) is 0.0836. The van der Waals surface area contributed by atoms with Gasteiger partial charge in [-0.1, -0.05) is 19.1 Å². The van der Waals surface area contributed by atoms with Crippen LogP contribution in [0.5, 0.6) is 0 Å². The molecular weight excluding hydrogens is 367 g/mol. The quantitative estimate of drug-likeness (QED) is 0.597. The number of halogens is 1. The Balaban J connectivity index is 2.12. The zero-order valence-corrected chi connectivity index (χ0v) is 16.4. The van der Waals surface area contributed by atoms with E-state index in [1.165, 1.54) is 30.6 Å². The molecule has 0 saturated carbocycles. The van der Waals surface area contributed by atoms with Gasteiger partial charge < -0.3 is 4.74 Å². The Morgan fingerprint density at radius 1 is 1.30 bits per heavy atom. The number of ether oxygens (including phenoxy) is 1. The summed E-state index contributed by atoms with van der Waals surface area (Å²) in [4.78, 5) is 31.0. The van der Waals surface area contributed by atoms with Gasteiger partial charge >= 0.3 is 5.97 Å². The van der Waals surface area contributed by atoms with E-state index in [9.17, 15) is 14.0 Å². The summed E-state index contributed by atoms with van der Waals surface area (Å²) in [6, 6.07) is 6.14. The smallest absolute Gasteiger partial charge is 0.305 e. The molecule has 0 saturated heterocycles. The highest BCUT2D eigenvalue weighted by Crippen LogP contribution is 2.35. The van der Waals surface area contributed by atoms with Crippen molar-refractivity contribution in [1.82, 2.24) is 9.55 Å². The Kier molecular flexibility index (Phi) is 5.70. The molecule has 0 fully saturated rings. The van der Waals surface area contributed by atoms with Crippen molar-refractivity contribution in [3.8, 4) is 11.1 Å². The topological polar surface area (TPSA) is 61.2 Å². The molecule has 0 radical (unpaired) electrons. The highest BCUT2D eigenvalue weighted by molar-refractivity contribution is 7.19. The van der Waals surface area contributed by atoms with Crippen molar-refractivity contribution in [2.45, 2.75) is 39.7 Å². The number of fused-ring (bicyclic) bond motifs is 1. The third kappa shape index (κ3) is 3.78. The summed E-state index contributed by atoms with van der Waals surface area (Å²) < 4.78 is 19.6. The lowest BCUT2D eigenvalue weighted by atomic mass is 10.0. The van der Waals surface area contributed by atoms with Crippen molar-refractivity contribution in [3.05, 3.63) is 51.1 Å². The molecule has 0 N–H and O–H groups in total. The fourth-order valence-electron chi connectivity index (χ4n) is 3.19. The van der Waals surface area contributed by atoms with Gasteiger partial charge in [-0.3, -0.25) is 14.2 Å². The van der Waals surface area contributed by atoms with E-state index in [1.54, 1.807) is 16.7 Å².